The largest absolute Gasteiger partial charge is 0.386 e. The monoisotopic (exact) mass is 189 g/mol. The van der Waals surface area contributed by atoms with Gasteiger partial charge in [-0.2, -0.15) is 4.98 Å². The molecule has 1 aliphatic heterocycles. The van der Waals surface area contributed by atoms with Crippen LogP contribution in [-0.4, -0.2) is 4.98 Å². The number of hydrogen-bond acceptors (Lipinski definition) is 4. The molecule has 0 fully saturated rings. The van der Waals surface area contributed by atoms with Gasteiger partial charge < -0.3 is 10.6 Å². The molecular weight excluding hydrogens is 185 g/mol. The summed E-state index contributed by atoms with van der Waals surface area (Å²) in [7, 11) is 0. The molecule has 12 heavy (non-hydrogen) atoms. The van der Waals surface area contributed by atoms with Crippen LogP contribution >= 0.6 is 11.6 Å². The van der Waals surface area contributed by atoms with Gasteiger partial charge in [0.05, 0.1) is 5.56 Å². The highest BCUT2D eigenvalue weighted by atomic mass is 35.5. The predicted octanol–water partition coefficient (Wildman–Crippen LogP) is 0.728. The molecule has 64 valence electrons. The molecule has 1 aliphatic rings. The van der Waals surface area contributed by atoms with Crippen molar-refractivity contribution in [3.63, 3.8) is 0 Å². The predicted molar refractivity (Wildman–Crippen MR) is 39.9 cm³/mol. The van der Waals surface area contributed by atoms with Crippen molar-refractivity contribution in [3.05, 3.63) is 22.6 Å². The van der Waals surface area contributed by atoms with E-state index < -0.39 is 12.0 Å². The first kappa shape index (κ1) is 7.72. The Morgan fingerprint density at radius 2 is 2.50 bits per heavy atom. The van der Waals surface area contributed by atoms with Crippen molar-refractivity contribution in [2.75, 3.05) is 0 Å². The van der Waals surface area contributed by atoms with Crippen molar-refractivity contribution in [2.45, 2.75) is 6.17 Å². The van der Waals surface area contributed by atoms with E-state index >= 15 is 0 Å². The van der Waals surface area contributed by atoms with Crippen LogP contribution in [0.5, 0.6) is 5.88 Å². The minimum Gasteiger partial charge on any atom is -0.386 e. The summed E-state index contributed by atoms with van der Waals surface area (Å²) in [5, 5.41) is -0.218. The van der Waals surface area contributed by atoms with E-state index in [0.717, 1.165) is 0 Å². The molecule has 1 atom stereocenters. The van der Waals surface area contributed by atoms with Crippen LogP contribution in [0.25, 0.3) is 0 Å². The quantitative estimate of drug-likeness (QED) is 0.591. The van der Waals surface area contributed by atoms with Crippen LogP contribution < -0.4 is 16.1 Å². The molecule has 0 bridgehead atoms. The van der Waals surface area contributed by atoms with Gasteiger partial charge in [-0.1, -0.05) is 11.6 Å². The highest BCUT2D eigenvalue weighted by Crippen LogP contribution is 2.28. The molecule has 1 aromatic rings. The lowest BCUT2D eigenvalue weighted by Gasteiger charge is -1.99. The van der Waals surface area contributed by atoms with E-state index in [2.05, 4.69) is 10.5 Å². The average Bonchev–Trinajstić information content (AvgIpc) is 2.35. The van der Waals surface area contributed by atoms with Gasteiger partial charge in [0.25, 0.3) is 0 Å². The number of hydrogen-bond donors (Lipinski definition) is 2. The Morgan fingerprint density at radius 1 is 1.75 bits per heavy atom. The van der Waals surface area contributed by atoms with Gasteiger partial charge in [-0.3, -0.25) is 0 Å². The molecule has 0 radical (unpaired) electrons. The van der Waals surface area contributed by atoms with Crippen LogP contribution in [0.1, 0.15) is 11.7 Å². The first-order chi connectivity index (χ1) is 5.68. The molecular formula is C6H5ClFN3O. The van der Waals surface area contributed by atoms with E-state index in [1.807, 2.05) is 0 Å². The molecule has 0 saturated carbocycles. The number of pyridine rings is 1. The summed E-state index contributed by atoms with van der Waals surface area (Å²) in [6.07, 6.45) is -0.542. The number of nitrogens with two attached hydrogens (primary N) is 1. The van der Waals surface area contributed by atoms with E-state index in [0.29, 0.717) is 5.56 Å². The van der Waals surface area contributed by atoms with Crippen molar-refractivity contribution in [2.24, 2.45) is 5.73 Å². The topological polar surface area (TPSA) is 60.2 Å². The number of rotatable bonds is 0. The maximum atomic E-state index is 12.8. The summed E-state index contributed by atoms with van der Waals surface area (Å²) in [6, 6.07) is 1.20. The Hall–Kier alpha value is -0.910. The number of halogens is 2. The van der Waals surface area contributed by atoms with Gasteiger partial charge in [-0.05, 0) is 6.07 Å². The van der Waals surface area contributed by atoms with Crippen LogP contribution in [0.15, 0.2) is 6.07 Å². The molecule has 2 rings (SSSR count). The molecule has 4 nitrogen and oxygen atoms in total. The van der Waals surface area contributed by atoms with Crippen molar-refractivity contribution in [1.82, 2.24) is 10.5 Å². The van der Waals surface area contributed by atoms with E-state index in [1.165, 1.54) is 6.07 Å². The van der Waals surface area contributed by atoms with Gasteiger partial charge in [0.1, 0.15) is 6.17 Å². The number of hydroxylamine groups is 1. The second-order valence-corrected chi connectivity index (χ2v) is 2.71. The van der Waals surface area contributed by atoms with Gasteiger partial charge in [0.2, 0.25) is 5.88 Å². The second kappa shape index (κ2) is 2.55. The summed E-state index contributed by atoms with van der Waals surface area (Å²) >= 11 is 5.41. The third-order valence-electron chi connectivity index (χ3n) is 1.54. The van der Waals surface area contributed by atoms with E-state index in [1.54, 1.807) is 0 Å². The van der Waals surface area contributed by atoms with Crippen molar-refractivity contribution in [1.29, 1.82) is 0 Å². The lowest BCUT2D eigenvalue weighted by molar-refractivity contribution is 0.189. The van der Waals surface area contributed by atoms with Gasteiger partial charge in [-0.25, -0.2) is 4.39 Å². The molecule has 0 spiro atoms. The highest BCUT2D eigenvalue weighted by Gasteiger charge is 2.23. The summed E-state index contributed by atoms with van der Waals surface area (Å²) < 4.78 is 12.8. The molecule has 0 saturated heterocycles. The highest BCUT2D eigenvalue weighted by molar-refractivity contribution is 6.29. The van der Waals surface area contributed by atoms with E-state index in [-0.39, 0.29) is 11.0 Å². The van der Waals surface area contributed by atoms with Crippen LogP contribution in [0.3, 0.4) is 0 Å². The smallest absolute Gasteiger partial charge is 0.245 e. The summed E-state index contributed by atoms with van der Waals surface area (Å²) in [5.74, 6) is -0.368. The minimum absolute atomic E-state index is 0.218. The molecule has 1 unspecified atom stereocenters. The Kier molecular flexibility index (Phi) is 1.64. The van der Waals surface area contributed by atoms with Crippen molar-refractivity contribution >= 4 is 11.6 Å². The van der Waals surface area contributed by atoms with Crippen LogP contribution in [0.2, 0.25) is 5.15 Å². The Morgan fingerprint density at radius 3 is 3.25 bits per heavy atom. The Labute approximate surface area is 72.4 Å². The van der Waals surface area contributed by atoms with E-state index in [4.69, 9.17) is 22.2 Å². The fourth-order valence-electron chi connectivity index (χ4n) is 0.952. The number of fused-ring (bicyclic) bond motifs is 1. The molecule has 0 aromatic carbocycles. The Bertz CT molecular complexity index is 333. The number of aromatic nitrogens is 1. The SMILES string of the molecule is NC1NOc2nc(Cl)c(F)cc21. The first-order valence-corrected chi connectivity index (χ1v) is 3.60. The Balaban J connectivity index is 2.56. The number of nitrogens with zero attached hydrogens (tertiary/aromatic N) is 1. The van der Waals surface area contributed by atoms with E-state index in [9.17, 15) is 4.39 Å². The molecule has 0 amide bonds. The fraction of sp³-hybridized carbons (Fsp3) is 0.167. The molecule has 1 aromatic heterocycles. The van der Waals surface area contributed by atoms with Crippen molar-refractivity contribution < 1.29 is 9.23 Å². The van der Waals surface area contributed by atoms with Gasteiger partial charge in [0, 0.05) is 0 Å². The summed E-state index contributed by atoms with van der Waals surface area (Å²) in [6.45, 7) is 0. The normalized spacial score (nSPS) is 20.4. The third kappa shape index (κ3) is 1.03. The lowest BCUT2D eigenvalue weighted by Crippen LogP contribution is -2.24. The summed E-state index contributed by atoms with van der Waals surface area (Å²) in [4.78, 5) is 8.44. The van der Waals surface area contributed by atoms with Crippen molar-refractivity contribution in [3.8, 4) is 5.88 Å². The third-order valence-corrected chi connectivity index (χ3v) is 1.81. The maximum Gasteiger partial charge on any atom is 0.245 e. The zero-order valence-corrected chi connectivity index (χ0v) is 6.60. The van der Waals surface area contributed by atoms with Gasteiger partial charge >= 0.3 is 0 Å². The van der Waals surface area contributed by atoms with Gasteiger partial charge in [0.15, 0.2) is 11.0 Å². The standard InChI is InChI=1S/C6H5ClFN3O/c7-4-3(8)1-2-5(9)11-12-6(2)10-4/h1,5,11H,9H2. The lowest BCUT2D eigenvalue weighted by atomic mass is 10.2. The zero-order chi connectivity index (χ0) is 8.72. The average molecular weight is 190 g/mol. The zero-order valence-electron chi connectivity index (χ0n) is 5.84. The number of nitrogens with one attached hydrogen (secondary N) is 1. The van der Waals surface area contributed by atoms with Crippen LogP contribution in [-0.2, 0) is 0 Å². The minimum atomic E-state index is -0.599. The fourth-order valence-corrected chi connectivity index (χ4v) is 1.08. The molecule has 6 heteroatoms. The van der Waals surface area contributed by atoms with Gasteiger partial charge in [-0.15, -0.1) is 5.48 Å². The second-order valence-electron chi connectivity index (χ2n) is 2.35. The van der Waals surface area contributed by atoms with Crippen LogP contribution in [0.4, 0.5) is 4.39 Å². The summed E-state index contributed by atoms with van der Waals surface area (Å²) in [5.41, 5.74) is 8.38. The molecule has 0 aliphatic carbocycles. The van der Waals surface area contributed by atoms with Crippen LogP contribution in [0, 0.1) is 5.82 Å². The maximum absolute atomic E-state index is 12.8. The molecule has 2 heterocycles. The molecule has 3 N–H and O–H groups in total. The first-order valence-electron chi connectivity index (χ1n) is 3.22.